The van der Waals surface area contributed by atoms with E-state index in [4.69, 9.17) is 0 Å². The van der Waals surface area contributed by atoms with Gasteiger partial charge in [0.05, 0.1) is 6.54 Å². The van der Waals surface area contributed by atoms with Gasteiger partial charge in [0.15, 0.2) is 5.82 Å². The summed E-state index contributed by atoms with van der Waals surface area (Å²) in [5.74, 6) is -0.778. The van der Waals surface area contributed by atoms with E-state index in [1.807, 2.05) is 49.4 Å². The van der Waals surface area contributed by atoms with Gasteiger partial charge in [-0.2, -0.15) is 4.68 Å². The number of halogens is 1. The number of imide groups is 1. The second-order valence-electron chi connectivity index (χ2n) is 7.93. The fourth-order valence-corrected chi connectivity index (χ4v) is 4.10. The average Bonchev–Trinajstić information content (AvgIpc) is 3.33. The Kier molecular flexibility index (Phi) is 4.47. The summed E-state index contributed by atoms with van der Waals surface area (Å²) in [7, 11) is 0. The van der Waals surface area contributed by atoms with Gasteiger partial charge in [-0.25, -0.2) is 9.18 Å². The Labute approximate surface area is 182 Å². The summed E-state index contributed by atoms with van der Waals surface area (Å²) in [6.07, 6.45) is 0. The first-order valence-corrected chi connectivity index (χ1v) is 10.0. The van der Waals surface area contributed by atoms with Gasteiger partial charge in [-0.1, -0.05) is 48.5 Å². The lowest BCUT2D eigenvalue weighted by atomic mass is 9.88. The van der Waals surface area contributed by atoms with E-state index in [2.05, 4.69) is 20.8 Å². The smallest absolute Gasteiger partial charge is 0.319 e. The molecule has 1 fully saturated rings. The Hall–Kier alpha value is -4.14. The lowest BCUT2D eigenvalue weighted by molar-refractivity contribution is -0.131. The van der Waals surface area contributed by atoms with Crippen LogP contribution in [0.25, 0.3) is 16.5 Å². The SMILES string of the molecule is Cc1ccc(F)c(-n2nnnc2CN2C(=O)N[C@](C)(c3cccc4ccccc34)C2=O)c1. The number of fused-ring (bicyclic) bond motifs is 1. The molecule has 1 aromatic heterocycles. The highest BCUT2D eigenvalue weighted by molar-refractivity contribution is 6.09. The second kappa shape index (κ2) is 7.23. The zero-order valence-corrected chi connectivity index (χ0v) is 17.4. The van der Waals surface area contributed by atoms with E-state index in [0.717, 1.165) is 21.2 Å². The zero-order valence-electron chi connectivity index (χ0n) is 17.4. The quantitative estimate of drug-likeness (QED) is 0.502. The molecule has 4 aromatic rings. The van der Waals surface area contributed by atoms with Gasteiger partial charge in [-0.3, -0.25) is 9.69 Å². The third-order valence-corrected chi connectivity index (χ3v) is 5.77. The molecule has 8 nitrogen and oxygen atoms in total. The van der Waals surface area contributed by atoms with E-state index in [1.54, 1.807) is 19.1 Å². The van der Waals surface area contributed by atoms with Crippen molar-refractivity contribution in [3.8, 4) is 5.69 Å². The minimum atomic E-state index is -1.26. The number of urea groups is 1. The maximum absolute atomic E-state index is 14.4. The molecule has 1 aliphatic heterocycles. The standard InChI is InChI=1S/C23H19FN6O2/c1-14-10-11-18(24)19(12-14)30-20(26-27-28-30)13-29-21(31)23(2,25-22(29)32)17-9-5-7-15-6-3-4-8-16(15)17/h3-12H,13H2,1-2H3,(H,25,32)/t23-/m1/s1. The van der Waals surface area contributed by atoms with Crippen LogP contribution in [0.3, 0.4) is 0 Å². The summed E-state index contributed by atoms with van der Waals surface area (Å²) in [6.45, 7) is 3.30. The van der Waals surface area contributed by atoms with Crippen molar-refractivity contribution in [2.75, 3.05) is 0 Å². The van der Waals surface area contributed by atoms with Crippen molar-refractivity contribution >= 4 is 22.7 Å². The molecule has 0 aliphatic carbocycles. The van der Waals surface area contributed by atoms with Crippen molar-refractivity contribution in [1.82, 2.24) is 30.4 Å². The van der Waals surface area contributed by atoms with Crippen molar-refractivity contribution < 1.29 is 14.0 Å². The van der Waals surface area contributed by atoms with Crippen molar-refractivity contribution in [2.24, 2.45) is 0 Å². The topological polar surface area (TPSA) is 93.0 Å². The number of nitrogens with zero attached hydrogens (tertiary/aromatic N) is 5. The number of rotatable bonds is 4. The van der Waals surface area contributed by atoms with Crippen LogP contribution < -0.4 is 5.32 Å². The predicted molar refractivity (Wildman–Crippen MR) is 114 cm³/mol. The van der Waals surface area contributed by atoms with Gasteiger partial charge in [0.2, 0.25) is 0 Å². The fourth-order valence-electron chi connectivity index (χ4n) is 4.10. The first kappa shape index (κ1) is 19.8. The fraction of sp³-hybridized carbons (Fsp3) is 0.174. The zero-order chi connectivity index (χ0) is 22.5. The van der Waals surface area contributed by atoms with Crippen LogP contribution in [0, 0.1) is 12.7 Å². The largest absolute Gasteiger partial charge is 0.325 e. The lowest BCUT2D eigenvalue weighted by Gasteiger charge is -2.24. The van der Waals surface area contributed by atoms with E-state index in [1.165, 1.54) is 10.7 Å². The molecule has 0 spiro atoms. The summed E-state index contributed by atoms with van der Waals surface area (Å²) >= 11 is 0. The molecule has 3 amide bonds. The number of benzene rings is 3. The highest BCUT2D eigenvalue weighted by Crippen LogP contribution is 2.34. The first-order valence-electron chi connectivity index (χ1n) is 10.0. The summed E-state index contributed by atoms with van der Waals surface area (Å²) in [5, 5.41) is 16.1. The predicted octanol–water partition coefficient (Wildman–Crippen LogP) is 3.23. The van der Waals surface area contributed by atoms with Crippen molar-refractivity contribution in [2.45, 2.75) is 25.9 Å². The van der Waals surface area contributed by atoms with Crippen molar-refractivity contribution in [3.63, 3.8) is 0 Å². The number of aromatic nitrogens is 4. The monoisotopic (exact) mass is 430 g/mol. The summed E-state index contributed by atoms with van der Waals surface area (Å²) < 4.78 is 15.6. The van der Waals surface area contributed by atoms with Crippen molar-refractivity contribution in [1.29, 1.82) is 0 Å². The number of carbonyl (C=O) groups excluding carboxylic acids is 2. The average molecular weight is 430 g/mol. The second-order valence-corrected chi connectivity index (χ2v) is 7.93. The summed E-state index contributed by atoms with van der Waals surface area (Å²) in [6, 6.07) is 17.3. The highest BCUT2D eigenvalue weighted by atomic mass is 19.1. The molecule has 1 saturated heterocycles. The van der Waals surface area contributed by atoms with E-state index >= 15 is 0 Å². The van der Waals surface area contributed by atoms with Gasteiger partial charge in [0.25, 0.3) is 5.91 Å². The lowest BCUT2D eigenvalue weighted by Crippen LogP contribution is -2.41. The third kappa shape index (κ3) is 3.01. The van der Waals surface area contributed by atoms with Crippen LogP contribution in [-0.2, 0) is 16.9 Å². The Bertz CT molecular complexity index is 1380. The number of aryl methyl sites for hydroxylation is 1. The molecular weight excluding hydrogens is 411 g/mol. The van der Waals surface area contributed by atoms with Crippen molar-refractivity contribution in [3.05, 3.63) is 83.4 Å². The summed E-state index contributed by atoms with van der Waals surface area (Å²) in [4.78, 5) is 27.4. The molecule has 32 heavy (non-hydrogen) atoms. The summed E-state index contributed by atoms with van der Waals surface area (Å²) in [5.41, 5.74) is 0.404. The van der Waals surface area contributed by atoms with Crippen LogP contribution in [-0.4, -0.2) is 37.0 Å². The Morgan fingerprint density at radius 3 is 2.69 bits per heavy atom. The molecule has 1 aliphatic rings. The molecule has 160 valence electrons. The molecule has 1 atom stereocenters. The number of nitrogens with one attached hydrogen (secondary N) is 1. The number of carbonyl (C=O) groups is 2. The van der Waals surface area contributed by atoms with Gasteiger partial charge in [-0.05, 0) is 58.3 Å². The normalized spacial score (nSPS) is 18.4. The molecule has 5 rings (SSSR count). The van der Waals surface area contributed by atoms with E-state index in [-0.39, 0.29) is 18.1 Å². The highest BCUT2D eigenvalue weighted by Gasteiger charge is 2.50. The number of hydrogen-bond acceptors (Lipinski definition) is 5. The number of tetrazole rings is 1. The van der Waals surface area contributed by atoms with E-state index in [0.29, 0.717) is 5.56 Å². The van der Waals surface area contributed by atoms with Gasteiger partial charge >= 0.3 is 6.03 Å². The maximum Gasteiger partial charge on any atom is 0.325 e. The van der Waals surface area contributed by atoms with Gasteiger partial charge in [0, 0.05) is 0 Å². The van der Waals surface area contributed by atoms with Gasteiger partial charge in [-0.15, -0.1) is 5.10 Å². The molecule has 0 radical (unpaired) electrons. The Morgan fingerprint density at radius 1 is 1.06 bits per heavy atom. The van der Waals surface area contributed by atoms with Crippen LogP contribution in [0.4, 0.5) is 9.18 Å². The minimum Gasteiger partial charge on any atom is -0.319 e. The Morgan fingerprint density at radius 2 is 1.84 bits per heavy atom. The van der Waals surface area contributed by atoms with Crippen LogP contribution in [0.1, 0.15) is 23.9 Å². The van der Waals surface area contributed by atoms with Crippen LogP contribution in [0.15, 0.2) is 60.7 Å². The van der Waals surface area contributed by atoms with Gasteiger partial charge in [0.1, 0.15) is 17.0 Å². The molecule has 2 heterocycles. The van der Waals surface area contributed by atoms with Crippen LogP contribution >= 0.6 is 0 Å². The van der Waals surface area contributed by atoms with E-state index in [9.17, 15) is 14.0 Å². The molecule has 9 heteroatoms. The van der Waals surface area contributed by atoms with Gasteiger partial charge < -0.3 is 5.32 Å². The van der Waals surface area contributed by atoms with Crippen LogP contribution in [0.2, 0.25) is 0 Å². The maximum atomic E-state index is 14.4. The first-order chi connectivity index (χ1) is 15.4. The van der Waals surface area contributed by atoms with E-state index < -0.39 is 23.3 Å². The number of hydrogen-bond donors (Lipinski definition) is 1. The van der Waals surface area contributed by atoms with Crippen LogP contribution in [0.5, 0.6) is 0 Å². The Balaban J connectivity index is 1.51. The molecule has 0 bridgehead atoms. The molecule has 1 N–H and O–H groups in total. The molecular formula is C23H19FN6O2. The molecule has 3 aromatic carbocycles. The molecule has 0 unspecified atom stereocenters. The minimum absolute atomic E-state index is 0.147. The molecule has 0 saturated carbocycles. The number of amides is 3. The third-order valence-electron chi connectivity index (χ3n) is 5.77.